The van der Waals surface area contributed by atoms with Crippen LogP contribution < -0.4 is 10.6 Å². The molecule has 0 radical (unpaired) electrons. The van der Waals surface area contributed by atoms with Gasteiger partial charge in [0, 0.05) is 6.07 Å². The van der Waals surface area contributed by atoms with Crippen LogP contribution in [0.15, 0.2) is 42.6 Å². The lowest BCUT2D eigenvalue weighted by molar-refractivity contribution is 0.586. The van der Waals surface area contributed by atoms with Crippen molar-refractivity contribution in [3.05, 3.63) is 65.9 Å². The van der Waals surface area contributed by atoms with Crippen molar-refractivity contribution in [1.29, 1.82) is 0 Å². The molecule has 9 heteroatoms. The predicted molar refractivity (Wildman–Crippen MR) is 79.1 cm³/mol. The van der Waals surface area contributed by atoms with E-state index < -0.39 is 29.0 Å². The second kappa shape index (κ2) is 6.49. The van der Waals surface area contributed by atoms with Crippen molar-refractivity contribution in [3.63, 3.8) is 0 Å². The number of benzene rings is 2. The number of nitrogens with zero attached hydrogens (tertiary/aromatic N) is 3. The van der Waals surface area contributed by atoms with Crippen molar-refractivity contribution in [3.8, 4) is 0 Å². The highest BCUT2D eigenvalue weighted by molar-refractivity contribution is 5.59. The number of hydrogen-bond acceptors (Lipinski definition) is 5. The van der Waals surface area contributed by atoms with Crippen molar-refractivity contribution >= 4 is 23.1 Å². The van der Waals surface area contributed by atoms with E-state index >= 15 is 0 Å². The van der Waals surface area contributed by atoms with Gasteiger partial charge in [-0.3, -0.25) is 0 Å². The predicted octanol–water partition coefficient (Wildman–Crippen LogP) is 3.92. The average Bonchev–Trinajstić information content (AvgIpc) is 2.54. The Bertz CT molecular complexity index is 867. The second-order valence-corrected chi connectivity index (χ2v) is 4.64. The molecule has 1 heterocycles. The molecule has 0 atom stereocenters. The van der Waals surface area contributed by atoms with E-state index in [2.05, 4.69) is 25.8 Å². The molecule has 3 aromatic rings. The Morgan fingerprint density at radius 2 is 1.58 bits per heavy atom. The fraction of sp³-hybridized carbons (Fsp3) is 0. The van der Waals surface area contributed by atoms with E-state index in [9.17, 15) is 17.6 Å². The number of halogens is 4. The smallest absolute Gasteiger partial charge is 0.249 e. The molecule has 0 bridgehead atoms. The lowest BCUT2D eigenvalue weighted by Gasteiger charge is -2.09. The van der Waals surface area contributed by atoms with Crippen LogP contribution in [-0.4, -0.2) is 15.2 Å². The van der Waals surface area contributed by atoms with Gasteiger partial charge in [0.2, 0.25) is 5.95 Å². The number of hydrogen-bond donors (Lipinski definition) is 2. The molecule has 1 aromatic heterocycles. The standard InChI is InChI=1S/C15H9F4N5/c16-8-4-5-12(11(19)6-8)21-15-23-13(7-20-24-15)22-14-9(17)2-1-3-10(14)18/h1-7H,(H2,21,22,23,24). The molecule has 2 N–H and O–H groups in total. The van der Waals surface area contributed by atoms with Crippen LogP contribution >= 0.6 is 0 Å². The highest BCUT2D eigenvalue weighted by Gasteiger charge is 2.11. The molecule has 24 heavy (non-hydrogen) atoms. The summed E-state index contributed by atoms with van der Waals surface area (Å²) < 4.78 is 53.7. The molecule has 0 unspecified atom stereocenters. The van der Waals surface area contributed by atoms with Gasteiger partial charge in [-0.25, -0.2) is 17.6 Å². The van der Waals surface area contributed by atoms with Crippen LogP contribution in [0.2, 0.25) is 0 Å². The van der Waals surface area contributed by atoms with E-state index in [-0.39, 0.29) is 17.5 Å². The Labute approximate surface area is 133 Å². The molecule has 0 aliphatic carbocycles. The number of nitrogens with one attached hydrogen (secondary N) is 2. The fourth-order valence-corrected chi connectivity index (χ4v) is 1.87. The molecule has 0 saturated heterocycles. The topological polar surface area (TPSA) is 62.7 Å². The van der Waals surface area contributed by atoms with Crippen molar-refractivity contribution in [2.45, 2.75) is 0 Å². The van der Waals surface area contributed by atoms with Gasteiger partial charge in [-0.2, -0.15) is 10.1 Å². The minimum Gasteiger partial charge on any atom is -0.334 e. The third-order valence-corrected chi connectivity index (χ3v) is 2.95. The summed E-state index contributed by atoms with van der Waals surface area (Å²) in [6, 6.07) is 6.27. The second-order valence-electron chi connectivity index (χ2n) is 4.64. The van der Waals surface area contributed by atoms with Crippen molar-refractivity contribution < 1.29 is 17.6 Å². The zero-order chi connectivity index (χ0) is 17.1. The Kier molecular flexibility index (Phi) is 4.23. The summed E-state index contributed by atoms with van der Waals surface area (Å²) in [4.78, 5) is 3.92. The molecule has 5 nitrogen and oxygen atoms in total. The largest absolute Gasteiger partial charge is 0.334 e. The summed E-state index contributed by atoms with van der Waals surface area (Å²) in [5.74, 6) is -3.36. The molecule has 0 aliphatic heterocycles. The van der Waals surface area contributed by atoms with Gasteiger partial charge in [-0.15, -0.1) is 5.10 Å². The first-order valence-electron chi connectivity index (χ1n) is 6.66. The minimum atomic E-state index is -0.850. The molecule has 122 valence electrons. The first-order valence-corrected chi connectivity index (χ1v) is 6.66. The van der Waals surface area contributed by atoms with Crippen molar-refractivity contribution in [1.82, 2.24) is 15.2 Å². The van der Waals surface area contributed by atoms with Gasteiger partial charge in [-0.1, -0.05) is 6.07 Å². The summed E-state index contributed by atoms with van der Waals surface area (Å²) in [5.41, 5.74) is -0.482. The summed E-state index contributed by atoms with van der Waals surface area (Å²) in [6.45, 7) is 0. The number of anilines is 4. The summed E-state index contributed by atoms with van der Waals surface area (Å²) in [6.07, 6.45) is 1.14. The summed E-state index contributed by atoms with van der Waals surface area (Å²) >= 11 is 0. The van der Waals surface area contributed by atoms with Crippen LogP contribution in [0.4, 0.5) is 40.7 Å². The third-order valence-electron chi connectivity index (χ3n) is 2.95. The molecular formula is C15H9F4N5. The van der Waals surface area contributed by atoms with E-state index in [1.807, 2.05) is 0 Å². The molecule has 0 fully saturated rings. The Morgan fingerprint density at radius 1 is 0.833 bits per heavy atom. The molecule has 0 saturated carbocycles. The van der Waals surface area contributed by atoms with Crippen LogP contribution in [0, 0.1) is 23.3 Å². The SMILES string of the molecule is Fc1ccc(Nc2nncc(Nc3c(F)cccc3F)n2)c(F)c1. The third kappa shape index (κ3) is 3.40. The van der Waals surface area contributed by atoms with Gasteiger partial charge < -0.3 is 10.6 Å². The number of para-hydroxylation sites is 1. The van der Waals surface area contributed by atoms with E-state index in [0.717, 1.165) is 30.5 Å². The summed E-state index contributed by atoms with van der Waals surface area (Å²) in [7, 11) is 0. The van der Waals surface area contributed by atoms with E-state index in [1.165, 1.54) is 6.07 Å². The molecule has 3 rings (SSSR count). The van der Waals surface area contributed by atoms with Gasteiger partial charge in [0.05, 0.1) is 11.9 Å². The van der Waals surface area contributed by atoms with Gasteiger partial charge in [-0.05, 0) is 24.3 Å². The van der Waals surface area contributed by atoms with Gasteiger partial charge >= 0.3 is 0 Å². The van der Waals surface area contributed by atoms with Gasteiger partial charge in [0.25, 0.3) is 0 Å². The van der Waals surface area contributed by atoms with Crippen LogP contribution in [0.1, 0.15) is 0 Å². The lowest BCUT2D eigenvalue weighted by atomic mass is 10.3. The normalized spacial score (nSPS) is 10.5. The van der Waals surface area contributed by atoms with Crippen LogP contribution in [0.25, 0.3) is 0 Å². The molecular weight excluding hydrogens is 326 g/mol. The Balaban J connectivity index is 1.84. The molecule has 0 spiro atoms. The summed E-state index contributed by atoms with van der Waals surface area (Å²) in [5, 5.41) is 12.2. The zero-order valence-corrected chi connectivity index (χ0v) is 11.9. The fourth-order valence-electron chi connectivity index (χ4n) is 1.87. The maximum atomic E-state index is 13.6. The average molecular weight is 335 g/mol. The van der Waals surface area contributed by atoms with Gasteiger partial charge in [0.15, 0.2) is 5.82 Å². The minimum absolute atomic E-state index is 0.0148. The van der Waals surface area contributed by atoms with E-state index in [4.69, 9.17) is 0 Å². The first kappa shape index (κ1) is 15.7. The maximum absolute atomic E-state index is 13.6. The van der Waals surface area contributed by atoms with Crippen molar-refractivity contribution in [2.75, 3.05) is 10.6 Å². The van der Waals surface area contributed by atoms with Gasteiger partial charge in [0.1, 0.15) is 29.0 Å². The van der Waals surface area contributed by atoms with Crippen LogP contribution in [0.3, 0.4) is 0 Å². The Morgan fingerprint density at radius 3 is 2.29 bits per heavy atom. The van der Waals surface area contributed by atoms with E-state index in [0.29, 0.717) is 6.07 Å². The van der Waals surface area contributed by atoms with Crippen molar-refractivity contribution in [2.24, 2.45) is 0 Å². The monoisotopic (exact) mass is 335 g/mol. The van der Waals surface area contributed by atoms with Crippen LogP contribution in [0.5, 0.6) is 0 Å². The maximum Gasteiger partial charge on any atom is 0.249 e. The van der Waals surface area contributed by atoms with E-state index in [1.54, 1.807) is 0 Å². The molecule has 0 aliphatic rings. The van der Waals surface area contributed by atoms with Crippen LogP contribution in [-0.2, 0) is 0 Å². The first-order chi connectivity index (χ1) is 11.5. The quantitative estimate of drug-likeness (QED) is 0.708. The highest BCUT2D eigenvalue weighted by atomic mass is 19.1. The highest BCUT2D eigenvalue weighted by Crippen LogP contribution is 2.23. The zero-order valence-electron chi connectivity index (χ0n) is 11.9. The number of aromatic nitrogens is 3. The lowest BCUT2D eigenvalue weighted by Crippen LogP contribution is -2.05. The molecule has 0 amide bonds. The Hall–Kier alpha value is -3.23. The molecule has 2 aromatic carbocycles. The number of rotatable bonds is 4.